The second kappa shape index (κ2) is 5.78. The van der Waals surface area contributed by atoms with Crippen molar-refractivity contribution in [1.29, 1.82) is 0 Å². The molecule has 1 unspecified atom stereocenters. The lowest BCUT2D eigenvalue weighted by Gasteiger charge is -2.09. The number of nitro benzene ring substituents is 1. The van der Waals surface area contributed by atoms with Gasteiger partial charge in [0.25, 0.3) is 5.69 Å². The number of rotatable bonds is 5. The molecule has 0 amide bonds. The van der Waals surface area contributed by atoms with E-state index in [1.165, 1.54) is 0 Å². The van der Waals surface area contributed by atoms with E-state index in [2.05, 4.69) is 0 Å². The fraction of sp³-hybridized carbons (Fsp3) is 0.300. The van der Waals surface area contributed by atoms with Crippen LogP contribution in [0.1, 0.15) is 17.3 Å². The lowest BCUT2D eigenvalue weighted by Crippen LogP contribution is -2.06. The third kappa shape index (κ3) is 3.17. The van der Waals surface area contributed by atoms with E-state index in [4.69, 9.17) is 10.2 Å². The minimum atomic E-state index is -1.50. The highest BCUT2D eigenvalue weighted by Crippen LogP contribution is 2.34. The topological polar surface area (TPSA) is 101 Å². The lowest BCUT2D eigenvalue weighted by molar-refractivity contribution is -0.387. The smallest absolute Gasteiger partial charge is 0.338 e. The predicted octanol–water partition coefficient (Wildman–Crippen LogP) is 1.91. The normalized spacial score (nSPS) is 12.2. The van der Waals surface area contributed by atoms with E-state index in [0.29, 0.717) is 6.07 Å². The maximum Gasteiger partial charge on any atom is 0.338 e. The average Bonchev–Trinajstić information content (AvgIpc) is 2.29. The largest absolute Gasteiger partial charge is 0.478 e. The highest BCUT2D eigenvalue weighted by molar-refractivity contribution is 8.00. The molecule has 0 aromatic heterocycles. The number of aromatic carboxylic acids is 1. The number of hydrogen-bond donors (Lipinski definition) is 2. The van der Waals surface area contributed by atoms with Gasteiger partial charge in [0.2, 0.25) is 0 Å². The van der Waals surface area contributed by atoms with Crippen LogP contribution in [0.2, 0.25) is 0 Å². The number of carboxylic acid groups (broad SMARTS) is 1. The Bertz CT molecular complexity index is 493. The van der Waals surface area contributed by atoms with Gasteiger partial charge < -0.3 is 10.2 Å². The zero-order valence-electron chi connectivity index (χ0n) is 9.29. The molecule has 1 rings (SSSR count). The first kappa shape index (κ1) is 14.4. The number of carboxylic acids is 1. The zero-order valence-corrected chi connectivity index (χ0v) is 10.1. The molecule has 0 fully saturated rings. The molecule has 0 aliphatic carbocycles. The fourth-order valence-corrected chi connectivity index (χ4v) is 2.15. The summed E-state index contributed by atoms with van der Waals surface area (Å²) >= 11 is 0.917. The SMILES string of the molecule is CC(CO)Sc1cc(C(=O)O)c(F)cc1[N+](=O)[O-]. The molecule has 0 saturated carbocycles. The van der Waals surface area contributed by atoms with Crippen LogP contribution in [-0.4, -0.2) is 33.0 Å². The number of benzene rings is 1. The summed E-state index contributed by atoms with van der Waals surface area (Å²) in [5, 5.41) is 28.0. The van der Waals surface area contributed by atoms with Gasteiger partial charge in [0.15, 0.2) is 0 Å². The second-order valence-electron chi connectivity index (χ2n) is 3.47. The van der Waals surface area contributed by atoms with Gasteiger partial charge in [-0.25, -0.2) is 9.18 Å². The molecule has 18 heavy (non-hydrogen) atoms. The summed E-state index contributed by atoms with van der Waals surface area (Å²) in [6.45, 7) is 1.37. The van der Waals surface area contributed by atoms with Crippen LogP contribution >= 0.6 is 11.8 Å². The number of halogens is 1. The molecule has 0 heterocycles. The molecule has 0 aliphatic rings. The number of aliphatic hydroxyl groups is 1. The van der Waals surface area contributed by atoms with Gasteiger partial charge in [0.1, 0.15) is 5.82 Å². The van der Waals surface area contributed by atoms with Crippen LogP contribution in [0.25, 0.3) is 0 Å². The Morgan fingerprint density at radius 3 is 2.67 bits per heavy atom. The van der Waals surface area contributed by atoms with Crippen molar-refractivity contribution in [3.05, 3.63) is 33.6 Å². The summed E-state index contributed by atoms with van der Waals surface area (Å²) in [6.07, 6.45) is 0. The minimum Gasteiger partial charge on any atom is -0.478 e. The van der Waals surface area contributed by atoms with Crippen LogP contribution in [-0.2, 0) is 0 Å². The zero-order chi connectivity index (χ0) is 13.9. The number of aliphatic hydroxyl groups excluding tert-OH is 1. The van der Waals surface area contributed by atoms with E-state index < -0.39 is 28.0 Å². The fourth-order valence-electron chi connectivity index (χ4n) is 1.20. The van der Waals surface area contributed by atoms with Crippen molar-refractivity contribution in [3.8, 4) is 0 Å². The van der Waals surface area contributed by atoms with Gasteiger partial charge in [-0.1, -0.05) is 6.92 Å². The van der Waals surface area contributed by atoms with Crippen molar-refractivity contribution in [2.24, 2.45) is 0 Å². The first-order chi connectivity index (χ1) is 8.36. The summed E-state index contributed by atoms with van der Waals surface area (Å²) in [4.78, 5) is 20.7. The van der Waals surface area contributed by atoms with Crippen LogP contribution < -0.4 is 0 Å². The molecule has 1 aromatic rings. The molecule has 6 nitrogen and oxygen atoms in total. The molecular weight excluding hydrogens is 265 g/mol. The van der Waals surface area contributed by atoms with Crippen molar-refractivity contribution in [3.63, 3.8) is 0 Å². The van der Waals surface area contributed by atoms with Gasteiger partial charge in [0, 0.05) is 5.25 Å². The molecule has 98 valence electrons. The average molecular weight is 275 g/mol. The minimum absolute atomic E-state index is 0.0142. The van der Waals surface area contributed by atoms with Gasteiger partial charge in [-0.2, -0.15) is 0 Å². The van der Waals surface area contributed by atoms with Crippen LogP contribution in [0, 0.1) is 15.9 Å². The molecular formula is C10H10FNO5S. The molecule has 1 aromatic carbocycles. The van der Waals surface area contributed by atoms with Crippen molar-refractivity contribution >= 4 is 23.4 Å². The van der Waals surface area contributed by atoms with Gasteiger partial charge in [-0.05, 0) is 6.07 Å². The van der Waals surface area contributed by atoms with Crippen molar-refractivity contribution in [1.82, 2.24) is 0 Å². The van der Waals surface area contributed by atoms with Gasteiger partial charge in [0.05, 0.1) is 28.1 Å². The van der Waals surface area contributed by atoms with Crippen LogP contribution in [0.5, 0.6) is 0 Å². The number of nitro groups is 1. The third-order valence-corrected chi connectivity index (χ3v) is 3.19. The Hall–Kier alpha value is -1.67. The third-order valence-electron chi connectivity index (χ3n) is 2.06. The molecule has 0 saturated heterocycles. The van der Waals surface area contributed by atoms with E-state index in [1.54, 1.807) is 6.92 Å². The number of hydrogen-bond acceptors (Lipinski definition) is 5. The first-order valence-corrected chi connectivity index (χ1v) is 5.73. The standard InChI is InChI=1S/C10H10FNO5S/c1-5(4-13)18-9-2-6(10(14)15)7(11)3-8(9)12(16)17/h2-3,5,13H,4H2,1H3,(H,14,15). The Morgan fingerprint density at radius 2 is 2.22 bits per heavy atom. The van der Waals surface area contributed by atoms with Gasteiger partial charge >= 0.3 is 5.97 Å². The van der Waals surface area contributed by atoms with Crippen LogP contribution in [0.4, 0.5) is 10.1 Å². The molecule has 0 bridgehead atoms. The van der Waals surface area contributed by atoms with Crippen molar-refractivity contribution < 1.29 is 24.3 Å². The molecule has 0 radical (unpaired) electrons. The molecule has 8 heteroatoms. The maximum absolute atomic E-state index is 13.3. The summed E-state index contributed by atoms with van der Waals surface area (Å²) < 4.78 is 13.3. The molecule has 0 spiro atoms. The Labute approximate surface area is 106 Å². The Balaban J connectivity index is 3.30. The van der Waals surface area contributed by atoms with E-state index >= 15 is 0 Å². The van der Waals surface area contributed by atoms with Gasteiger partial charge in [-0.15, -0.1) is 11.8 Å². The summed E-state index contributed by atoms with van der Waals surface area (Å²) in [6, 6.07) is 1.49. The Morgan fingerprint density at radius 1 is 1.61 bits per heavy atom. The predicted molar refractivity (Wildman–Crippen MR) is 62.4 cm³/mol. The molecule has 1 atom stereocenters. The molecule has 0 aliphatic heterocycles. The summed E-state index contributed by atoms with van der Waals surface area (Å²) in [7, 11) is 0. The number of carbonyl (C=O) groups is 1. The number of nitrogens with zero attached hydrogens (tertiary/aromatic N) is 1. The quantitative estimate of drug-likeness (QED) is 0.483. The summed E-state index contributed by atoms with van der Waals surface area (Å²) in [5.41, 5.74) is -1.14. The van der Waals surface area contributed by atoms with E-state index in [9.17, 15) is 19.3 Å². The van der Waals surface area contributed by atoms with E-state index in [0.717, 1.165) is 17.8 Å². The number of thioether (sulfide) groups is 1. The van der Waals surface area contributed by atoms with E-state index in [-0.39, 0.29) is 16.8 Å². The molecule has 2 N–H and O–H groups in total. The lowest BCUT2D eigenvalue weighted by atomic mass is 10.2. The van der Waals surface area contributed by atoms with Crippen molar-refractivity contribution in [2.45, 2.75) is 17.1 Å². The van der Waals surface area contributed by atoms with Crippen LogP contribution in [0.3, 0.4) is 0 Å². The first-order valence-electron chi connectivity index (χ1n) is 4.85. The van der Waals surface area contributed by atoms with E-state index in [1.807, 2.05) is 0 Å². The Kier molecular flexibility index (Phi) is 4.62. The van der Waals surface area contributed by atoms with Crippen LogP contribution in [0.15, 0.2) is 17.0 Å². The summed E-state index contributed by atoms with van der Waals surface area (Å²) in [5.74, 6) is -2.66. The second-order valence-corrected chi connectivity index (χ2v) is 4.95. The highest BCUT2D eigenvalue weighted by Gasteiger charge is 2.23. The van der Waals surface area contributed by atoms with Crippen molar-refractivity contribution in [2.75, 3.05) is 6.61 Å². The maximum atomic E-state index is 13.3. The van der Waals surface area contributed by atoms with Gasteiger partial charge in [-0.3, -0.25) is 10.1 Å². The monoisotopic (exact) mass is 275 g/mol. The highest BCUT2D eigenvalue weighted by atomic mass is 32.2.